The van der Waals surface area contributed by atoms with E-state index in [1.54, 1.807) is 32.8 Å². The molecule has 3 rings (SSSR count). The highest BCUT2D eigenvalue weighted by molar-refractivity contribution is 7.07. The van der Waals surface area contributed by atoms with E-state index < -0.39 is 0 Å². The lowest BCUT2D eigenvalue weighted by molar-refractivity contribution is 0.0411. The van der Waals surface area contributed by atoms with E-state index in [1.165, 1.54) is 11.3 Å². The molecule has 0 bridgehead atoms. The van der Waals surface area contributed by atoms with Crippen LogP contribution in [0.1, 0.15) is 34.7 Å². The maximum absolute atomic E-state index is 12.8. The molecule has 2 amide bonds. The quantitative estimate of drug-likeness (QED) is 0.842. The summed E-state index contributed by atoms with van der Waals surface area (Å²) in [6, 6.07) is 7.17. The van der Waals surface area contributed by atoms with Gasteiger partial charge < -0.3 is 14.5 Å². The van der Waals surface area contributed by atoms with Crippen LogP contribution < -0.4 is 4.74 Å². The molecule has 1 atom stereocenters. The minimum absolute atomic E-state index is 0.0332. The number of carbonyl (C=O) groups excluding carboxylic acids is 2. The zero-order chi connectivity index (χ0) is 17.8. The average Bonchev–Trinajstić information content (AvgIpc) is 3.15. The molecule has 1 aromatic carbocycles. The Morgan fingerprint density at radius 3 is 2.84 bits per heavy atom. The van der Waals surface area contributed by atoms with Gasteiger partial charge in [0.2, 0.25) is 0 Å². The Hall–Kier alpha value is -2.41. The van der Waals surface area contributed by atoms with Crippen LogP contribution in [0.25, 0.3) is 0 Å². The minimum atomic E-state index is -0.0702. The van der Waals surface area contributed by atoms with E-state index in [4.69, 9.17) is 4.74 Å². The zero-order valence-corrected chi connectivity index (χ0v) is 15.2. The number of carbonyl (C=O) groups is 2. The van der Waals surface area contributed by atoms with Crippen molar-refractivity contribution < 1.29 is 14.3 Å². The van der Waals surface area contributed by atoms with Gasteiger partial charge in [0.15, 0.2) is 0 Å². The molecule has 1 aliphatic rings. The molecular formula is C18H21N3O3S. The number of ether oxygens (including phenoxy) is 1. The monoisotopic (exact) mass is 359 g/mol. The Morgan fingerprint density at radius 2 is 2.16 bits per heavy atom. The van der Waals surface area contributed by atoms with Crippen LogP contribution in [0.3, 0.4) is 0 Å². The Morgan fingerprint density at radius 1 is 1.32 bits per heavy atom. The first kappa shape index (κ1) is 17.4. The van der Waals surface area contributed by atoms with Gasteiger partial charge in [-0.15, -0.1) is 11.3 Å². The lowest BCUT2D eigenvalue weighted by Crippen LogP contribution is -2.55. The molecule has 0 unspecified atom stereocenters. The summed E-state index contributed by atoms with van der Waals surface area (Å²) >= 11 is 1.41. The molecular weight excluding hydrogens is 338 g/mol. The Kier molecular flexibility index (Phi) is 5.33. The first-order valence-corrected chi connectivity index (χ1v) is 9.25. The zero-order valence-electron chi connectivity index (χ0n) is 14.3. The van der Waals surface area contributed by atoms with Gasteiger partial charge in [-0.2, -0.15) is 0 Å². The van der Waals surface area contributed by atoms with Gasteiger partial charge >= 0.3 is 0 Å². The SMILES string of the molecule is CCOc1cccc(C(=O)N2CCN(C(=O)c3cscn3)[C@@H](C)C2)c1. The predicted molar refractivity (Wildman–Crippen MR) is 96.1 cm³/mol. The van der Waals surface area contributed by atoms with Crippen LogP contribution in [0, 0.1) is 0 Å². The molecule has 0 N–H and O–H groups in total. The third-order valence-corrected chi connectivity index (χ3v) is 4.81. The Labute approximate surface area is 151 Å². The van der Waals surface area contributed by atoms with Gasteiger partial charge in [0.25, 0.3) is 11.8 Å². The number of benzene rings is 1. The summed E-state index contributed by atoms with van der Waals surface area (Å²) < 4.78 is 5.47. The van der Waals surface area contributed by atoms with Crippen LogP contribution in [0.4, 0.5) is 0 Å². The fraction of sp³-hybridized carbons (Fsp3) is 0.389. The molecule has 6 nitrogen and oxygen atoms in total. The lowest BCUT2D eigenvalue weighted by atomic mass is 10.1. The number of rotatable bonds is 4. The Bertz CT molecular complexity index is 748. The van der Waals surface area contributed by atoms with Crippen molar-refractivity contribution in [2.24, 2.45) is 0 Å². The van der Waals surface area contributed by atoms with Gasteiger partial charge in [0.05, 0.1) is 12.1 Å². The molecule has 0 spiro atoms. The smallest absolute Gasteiger partial charge is 0.273 e. The highest BCUT2D eigenvalue weighted by Gasteiger charge is 2.31. The number of thiazole rings is 1. The molecule has 0 aliphatic carbocycles. The average molecular weight is 359 g/mol. The van der Waals surface area contributed by atoms with Crippen LogP contribution in [-0.2, 0) is 0 Å². The second-order valence-corrected chi connectivity index (χ2v) is 6.65. The number of aromatic nitrogens is 1. The van der Waals surface area contributed by atoms with Crippen molar-refractivity contribution in [1.29, 1.82) is 0 Å². The van der Waals surface area contributed by atoms with Gasteiger partial charge in [-0.3, -0.25) is 9.59 Å². The summed E-state index contributed by atoms with van der Waals surface area (Å²) in [7, 11) is 0. The Balaban J connectivity index is 1.67. The number of nitrogens with zero attached hydrogens (tertiary/aromatic N) is 3. The van der Waals surface area contributed by atoms with E-state index >= 15 is 0 Å². The fourth-order valence-corrected chi connectivity index (χ4v) is 3.50. The predicted octanol–water partition coefficient (Wildman–Crippen LogP) is 2.53. The van der Waals surface area contributed by atoms with Crippen molar-refractivity contribution in [2.75, 3.05) is 26.2 Å². The second-order valence-electron chi connectivity index (χ2n) is 5.93. The number of hydrogen-bond donors (Lipinski definition) is 0. The maximum Gasteiger partial charge on any atom is 0.273 e. The molecule has 132 valence electrons. The van der Waals surface area contributed by atoms with Crippen molar-refractivity contribution in [2.45, 2.75) is 19.9 Å². The third-order valence-electron chi connectivity index (χ3n) is 4.22. The summed E-state index contributed by atoms with van der Waals surface area (Å²) in [5, 5.41) is 1.76. The molecule has 7 heteroatoms. The molecule has 0 saturated carbocycles. The van der Waals surface area contributed by atoms with Gasteiger partial charge in [-0.05, 0) is 32.0 Å². The van der Waals surface area contributed by atoms with E-state index in [1.807, 2.05) is 26.0 Å². The number of piperazine rings is 1. The molecule has 0 radical (unpaired) electrons. The third kappa shape index (κ3) is 3.82. The number of hydrogen-bond acceptors (Lipinski definition) is 5. The molecule has 1 saturated heterocycles. The number of amides is 2. The van der Waals surface area contributed by atoms with Crippen molar-refractivity contribution in [3.63, 3.8) is 0 Å². The van der Waals surface area contributed by atoms with Crippen molar-refractivity contribution in [3.05, 3.63) is 46.4 Å². The van der Waals surface area contributed by atoms with Gasteiger partial charge in [0.1, 0.15) is 11.4 Å². The fourth-order valence-electron chi connectivity index (χ4n) is 2.98. The first-order valence-electron chi connectivity index (χ1n) is 8.31. The van der Waals surface area contributed by atoms with Crippen molar-refractivity contribution in [1.82, 2.24) is 14.8 Å². The van der Waals surface area contributed by atoms with Crippen LogP contribution in [0.2, 0.25) is 0 Å². The van der Waals surface area contributed by atoms with Crippen LogP contribution in [-0.4, -0.2) is 58.9 Å². The first-order chi connectivity index (χ1) is 12.1. The molecule has 2 heterocycles. The van der Waals surface area contributed by atoms with E-state index in [-0.39, 0.29) is 17.9 Å². The van der Waals surface area contributed by atoms with E-state index in [2.05, 4.69) is 4.98 Å². The summed E-state index contributed by atoms with van der Waals surface area (Å²) in [6.45, 7) is 5.96. The van der Waals surface area contributed by atoms with Crippen LogP contribution >= 0.6 is 11.3 Å². The van der Waals surface area contributed by atoms with Crippen LogP contribution in [0.5, 0.6) is 5.75 Å². The summed E-state index contributed by atoms with van der Waals surface area (Å²) in [4.78, 5) is 32.9. The van der Waals surface area contributed by atoms with E-state index in [9.17, 15) is 9.59 Å². The van der Waals surface area contributed by atoms with Crippen molar-refractivity contribution in [3.8, 4) is 5.75 Å². The standard InChI is InChI=1S/C18H21N3O3S/c1-3-24-15-6-4-5-14(9-15)17(22)20-7-8-21(13(2)10-20)18(23)16-11-25-12-19-16/h4-6,9,11-13H,3,7-8,10H2,1-2H3/t13-/m0/s1. The summed E-state index contributed by atoms with van der Waals surface area (Å²) in [6.07, 6.45) is 0. The largest absolute Gasteiger partial charge is 0.494 e. The van der Waals surface area contributed by atoms with Crippen LogP contribution in [0.15, 0.2) is 35.2 Å². The normalized spacial score (nSPS) is 17.4. The van der Waals surface area contributed by atoms with Gasteiger partial charge in [-0.25, -0.2) is 4.98 Å². The summed E-state index contributed by atoms with van der Waals surface area (Å²) in [5.41, 5.74) is 2.74. The summed E-state index contributed by atoms with van der Waals surface area (Å²) in [5.74, 6) is 0.590. The minimum Gasteiger partial charge on any atom is -0.494 e. The van der Waals surface area contributed by atoms with Gasteiger partial charge in [0, 0.05) is 36.6 Å². The molecule has 1 aromatic heterocycles. The topological polar surface area (TPSA) is 62.7 Å². The van der Waals surface area contributed by atoms with E-state index in [0.29, 0.717) is 43.2 Å². The molecule has 2 aromatic rings. The maximum atomic E-state index is 12.8. The lowest BCUT2D eigenvalue weighted by Gasteiger charge is -2.39. The molecule has 1 aliphatic heterocycles. The molecule has 1 fully saturated rings. The second kappa shape index (κ2) is 7.65. The van der Waals surface area contributed by atoms with E-state index in [0.717, 1.165) is 0 Å². The highest BCUT2D eigenvalue weighted by atomic mass is 32.1. The highest BCUT2D eigenvalue weighted by Crippen LogP contribution is 2.19. The van der Waals surface area contributed by atoms with Crippen molar-refractivity contribution >= 4 is 23.2 Å². The molecule has 25 heavy (non-hydrogen) atoms. The van der Waals surface area contributed by atoms with Gasteiger partial charge in [-0.1, -0.05) is 6.07 Å².